The second-order valence-corrected chi connectivity index (χ2v) is 7.56. The Morgan fingerprint density at radius 2 is 2.20 bits per heavy atom. The average Bonchev–Trinajstić information content (AvgIpc) is 3.34. The molecule has 1 aliphatic rings. The fraction of sp³-hybridized carbons (Fsp3) is 0.381. The number of nitriles is 1. The molecule has 156 valence electrons. The monoisotopic (exact) mass is 407 g/mol. The molecule has 1 aliphatic heterocycles. The minimum Gasteiger partial charge on any atom is -0.494 e. The zero-order valence-corrected chi connectivity index (χ0v) is 17.2. The molecule has 1 aromatic carbocycles. The predicted molar refractivity (Wildman–Crippen MR) is 116 cm³/mol. The summed E-state index contributed by atoms with van der Waals surface area (Å²) in [5, 5.41) is 26.7. The van der Waals surface area contributed by atoms with Gasteiger partial charge in [-0.25, -0.2) is 0 Å². The molecule has 9 heteroatoms. The summed E-state index contributed by atoms with van der Waals surface area (Å²) in [6.07, 6.45) is 2.89. The van der Waals surface area contributed by atoms with Crippen LogP contribution < -0.4 is 20.3 Å². The van der Waals surface area contributed by atoms with Gasteiger partial charge in [-0.15, -0.1) is 0 Å². The number of aromatic nitrogens is 3. The van der Waals surface area contributed by atoms with Crippen molar-refractivity contribution in [2.45, 2.75) is 39.0 Å². The fourth-order valence-corrected chi connectivity index (χ4v) is 3.69. The molecule has 0 spiro atoms. The summed E-state index contributed by atoms with van der Waals surface area (Å²) in [5.74, 6) is 1.59. The lowest BCUT2D eigenvalue weighted by Crippen LogP contribution is -2.28. The number of H-pyrrole nitrogens is 1. The summed E-state index contributed by atoms with van der Waals surface area (Å²) < 4.78 is 5.56. The van der Waals surface area contributed by atoms with Crippen LogP contribution in [0.1, 0.15) is 32.3 Å². The van der Waals surface area contributed by atoms with Gasteiger partial charge in [0.1, 0.15) is 29.5 Å². The molecule has 30 heavy (non-hydrogen) atoms. The van der Waals surface area contributed by atoms with Crippen LogP contribution in [0.4, 0.5) is 23.1 Å². The molecular weight excluding hydrogens is 382 g/mol. The summed E-state index contributed by atoms with van der Waals surface area (Å²) in [4.78, 5) is 14.1. The molecule has 9 nitrogen and oxygen atoms in total. The van der Waals surface area contributed by atoms with Crippen molar-refractivity contribution in [2.24, 2.45) is 0 Å². The standard InChI is InChI=1S/C21H25N7O2/c1-12(2)24-20-18-13(10-22)11-23-19(18)26-21(27-20)25-15-7-6-14(9-16(15)30-3)28-8-4-5-17(28)29/h6-7,9,11-12,17,29H,4-5,8H2,1-3H3,(H3,23,24,25,26,27). The molecule has 0 amide bonds. The van der Waals surface area contributed by atoms with Crippen LogP contribution in [-0.4, -0.2) is 46.0 Å². The molecule has 1 saturated heterocycles. The number of aliphatic hydroxyl groups excluding tert-OH is 1. The lowest BCUT2D eigenvalue weighted by molar-refractivity contribution is 0.185. The third kappa shape index (κ3) is 3.69. The summed E-state index contributed by atoms with van der Waals surface area (Å²) in [5.41, 5.74) is 2.68. The Bertz CT molecular complexity index is 1100. The van der Waals surface area contributed by atoms with Crippen LogP contribution in [-0.2, 0) is 0 Å². The number of benzene rings is 1. The van der Waals surface area contributed by atoms with Crippen LogP contribution in [0, 0.1) is 11.3 Å². The Morgan fingerprint density at radius 1 is 1.37 bits per heavy atom. The number of nitrogens with one attached hydrogen (secondary N) is 3. The first-order valence-electron chi connectivity index (χ1n) is 9.95. The maximum atomic E-state index is 10.2. The Balaban J connectivity index is 1.69. The van der Waals surface area contributed by atoms with Gasteiger partial charge in [0.25, 0.3) is 0 Å². The maximum Gasteiger partial charge on any atom is 0.231 e. The number of aromatic amines is 1. The van der Waals surface area contributed by atoms with Gasteiger partial charge in [-0.2, -0.15) is 15.2 Å². The number of hydrogen-bond acceptors (Lipinski definition) is 8. The van der Waals surface area contributed by atoms with E-state index in [1.54, 1.807) is 13.3 Å². The average molecular weight is 407 g/mol. The molecule has 1 atom stereocenters. The van der Waals surface area contributed by atoms with Crippen molar-refractivity contribution >= 4 is 34.2 Å². The normalized spacial score (nSPS) is 16.1. The minimum absolute atomic E-state index is 0.137. The van der Waals surface area contributed by atoms with E-state index in [0.29, 0.717) is 39.8 Å². The Morgan fingerprint density at radius 3 is 2.87 bits per heavy atom. The number of rotatable bonds is 6. The van der Waals surface area contributed by atoms with Gasteiger partial charge < -0.3 is 30.4 Å². The van der Waals surface area contributed by atoms with E-state index in [1.807, 2.05) is 36.9 Å². The molecule has 1 fully saturated rings. The largest absolute Gasteiger partial charge is 0.494 e. The number of aliphatic hydroxyl groups is 1. The summed E-state index contributed by atoms with van der Waals surface area (Å²) in [6.45, 7) is 4.83. The first-order valence-corrected chi connectivity index (χ1v) is 9.95. The Hall–Kier alpha value is -3.51. The van der Waals surface area contributed by atoms with Crippen molar-refractivity contribution < 1.29 is 9.84 Å². The van der Waals surface area contributed by atoms with E-state index in [4.69, 9.17) is 4.74 Å². The molecule has 4 N–H and O–H groups in total. The lowest BCUT2D eigenvalue weighted by Gasteiger charge is -2.23. The zero-order chi connectivity index (χ0) is 21.3. The van der Waals surface area contributed by atoms with Crippen molar-refractivity contribution in [3.8, 4) is 11.8 Å². The minimum atomic E-state index is -0.467. The van der Waals surface area contributed by atoms with Gasteiger partial charge in [-0.1, -0.05) is 0 Å². The highest BCUT2D eigenvalue weighted by atomic mass is 16.5. The predicted octanol–water partition coefficient (Wildman–Crippen LogP) is 3.32. The van der Waals surface area contributed by atoms with Gasteiger partial charge >= 0.3 is 0 Å². The Kier molecular flexibility index (Phi) is 5.33. The van der Waals surface area contributed by atoms with Gasteiger partial charge in [0.15, 0.2) is 0 Å². The third-order valence-electron chi connectivity index (χ3n) is 5.06. The van der Waals surface area contributed by atoms with E-state index >= 15 is 0 Å². The quantitative estimate of drug-likeness (QED) is 0.491. The highest BCUT2D eigenvalue weighted by Gasteiger charge is 2.23. The third-order valence-corrected chi connectivity index (χ3v) is 5.06. The first-order chi connectivity index (χ1) is 14.5. The molecule has 3 aromatic rings. The number of nitrogens with zero attached hydrogens (tertiary/aromatic N) is 4. The van der Waals surface area contributed by atoms with Crippen molar-refractivity contribution in [3.63, 3.8) is 0 Å². The van der Waals surface area contributed by atoms with E-state index in [-0.39, 0.29) is 6.04 Å². The summed E-state index contributed by atoms with van der Waals surface area (Å²) in [6, 6.07) is 8.03. The number of fused-ring (bicyclic) bond motifs is 1. The number of ether oxygens (including phenoxy) is 1. The van der Waals surface area contributed by atoms with Crippen LogP contribution in [0.15, 0.2) is 24.4 Å². The molecule has 4 rings (SSSR count). The zero-order valence-electron chi connectivity index (χ0n) is 17.2. The molecule has 0 aliphatic carbocycles. The van der Waals surface area contributed by atoms with Gasteiger partial charge in [0.2, 0.25) is 5.95 Å². The fourth-order valence-electron chi connectivity index (χ4n) is 3.69. The molecule has 2 aromatic heterocycles. The van der Waals surface area contributed by atoms with Crippen LogP contribution >= 0.6 is 0 Å². The highest BCUT2D eigenvalue weighted by Crippen LogP contribution is 2.34. The van der Waals surface area contributed by atoms with E-state index in [0.717, 1.165) is 25.1 Å². The number of anilines is 4. The molecule has 3 heterocycles. The molecule has 0 radical (unpaired) electrons. The van der Waals surface area contributed by atoms with Crippen molar-refractivity contribution in [1.82, 2.24) is 15.0 Å². The van der Waals surface area contributed by atoms with E-state index in [1.165, 1.54) is 0 Å². The Labute approximate surface area is 174 Å². The van der Waals surface area contributed by atoms with Gasteiger partial charge in [-0.3, -0.25) is 0 Å². The van der Waals surface area contributed by atoms with Gasteiger partial charge in [0, 0.05) is 30.5 Å². The van der Waals surface area contributed by atoms with E-state index in [9.17, 15) is 10.4 Å². The smallest absolute Gasteiger partial charge is 0.231 e. The van der Waals surface area contributed by atoms with E-state index in [2.05, 4.69) is 31.7 Å². The van der Waals surface area contributed by atoms with Crippen molar-refractivity contribution in [3.05, 3.63) is 30.0 Å². The van der Waals surface area contributed by atoms with Crippen molar-refractivity contribution in [2.75, 3.05) is 29.2 Å². The van der Waals surface area contributed by atoms with Gasteiger partial charge in [0.05, 0.1) is 23.7 Å². The van der Waals surface area contributed by atoms with Crippen LogP contribution in [0.2, 0.25) is 0 Å². The second kappa shape index (κ2) is 8.08. The molecular formula is C21H25N7O2. The molecule has 1 unspecified atom stereocenters. The van der Waals surface area contributed by atoms with Crippen molar-refractivity contribution in [1.29, 1.82) is 5.26 Å². The van der Waals surface area contributed by atoms with E-state index < -0.39 is 6.23 Å². The van der Waals surface area contributed by atoms with Gasteiger partial charge in [-0.05, 0) is 38.8 Å². The van der Waals surface area contributed by atoms with Crippen LogP contribution in [0.5, 0.6) is 5.75 Å². The van der Waals surface area contributed by atoms with Crippen LogP contribution in [0.25, 0.3) is 11.0 Å². The first kappa shape index (κ1) is 19.8. The molecule has 0 bridgehead atoms. The summed E-state index contributed by atoms with van der Waals surface area (Å²) >= 11 is 0. The number of methoxy groups -OCH3 is 1. The lowest BCUT2D eigenvalue weighted by atomic mass is 10.2. The second-order valence-electron chi connectivity index (χ2n) is 7.56. The molecule has 0 saturated carbocycles. The van der Waals surface area contributed by atoms with Crippen LogP contribution in [0.3, 0.4) is 0 Å². The number of hydrogen-bond donors (Lipinski definition) is 4. The highest BCUT2D eigenvalue weighted by molar-refractivity contribution is 5.93. The SMILES string of the molecule is COc1cc(N2CCCC2O)ccc1Nc1nc(NC(C)C)c2c(C#N)c[nH]c2n1. The topological polar surface area (TPSA) is 122 Å². The maximum absolute atomic E-state index is 10.2. The summed E-state index contributed by atoms with van der Waals surface area (Å²) in [7, 11) is 1.60.